The number of methoxy groups -OCH3 is 1. The molecule has 2 saturated carbocycles. The lowest BCUT2D eigenvalue weighted by molar-refractivity contribution is -0.125. The van der Waals surface area contributed by atoms with Gasteiger partial charge in [0.15, 0.2) is 6.23 Å². The van der Waals surface area contributed by atoms with Crippen LogP contribution in [0.5, 0.6) is 0 Å². The molecule has 1 amide bonds. The molecule has 2 aliphatic carbocycles. The van der Waals surface area contributed by atoms with Gasteiger partial charge in [-0.15, -0.1) is 0 Å². The number of hydroxylamine groups is 1. The molecule has 8 nitrogen and oxygen atoms in total. The Hall–Kier alpha value is -0.770. The van der Waals surface area contributed by atoms with Crippen LogP contribution in [0, 0.1) is 23.7 Å². The molecular weight excluding hydrogens is 360 g/mol. The van der Waals surface area contributed by atoms with Crippen molar-refractivity contribution in [2.75, 3.05) is 26.9 Å². The first-order chi connectivity index (χ1) is 13.7. The number of fused-ring (bicyclic) bond motifs is 1. The molecule has 4 aliphatic rings. The van der Waals surface area contributed by atoms with Crippen LogP contribution in [0.4, 0.5) is 0 Å². The van der Waals surface area contributed by atoms with E-state index in [0.29, 0.717) is 30.4 Å². The lowest BCUT2D eigenvalue weighted by Gasteiger charge is -2.37. The zero-order valence-electron chi connectivity index (χ0n) is 16.9. The third-order valence-corrected chi connectivity index (χ3v) is 7.35. The minimum absolute atomic E-state index is 0.0749. The number of carbonyl (C=O) groups is 1. The van der Waals surface area contributed by atoms with Crippen LogP contribution in [0.1, 0.15) is 44.9 Å². The fraction of sp³-hybridized carbons (Fsp3) is 0.950. The molecule has 0 aromatic heterocycles. The normalized spacial score (nSPS) is 43.6. The number of hydrogen-bond donors (Lipinski definition) is 5. The monoisotopic (exact) mass is 396 g/mol. The van der Waals surface area contributed by atoms with Crippen molar-refractivity contribution in [1.29, 1.82) is 0 Å². The maximum absolute atomic E-state index is 12.8. The van der Waals surface area contributed by atoms with Gasteiger partial charge in [-0.05, 0) is 75.2 Å². The molecular formula is C20H36N4O4. The van der Waals surface area contributed by atoms with Gasteiger partial charge in [-0.25, -0.2) is 0 Å². The largest absolute Gasteiger partial charge is 0.396 e. The Balaban J connectivity index is 1.26. The average molecular weight is 397 g/mol. The summed E-state index contributed by atoms with van der Waals surface area (Å²) >= 11 is 0. The summed E-state index contributed by atoms with van der Waals surface area (Å²) in [4.78, 5) is 18.3. The van der Waals surface area contributed by atoms with Crippen molar-refractivity contribution in [3.05, 3.63) is 0 Å². The second-order valence-electron chi connectivity index (χ2n) is 9.09. The first-order valence-electron chi connectivity index (χ1n) is 11.0. The summed E-state index contributed by atoms with van der Waals surface area (Å²) < 4.78 is 5.16. The zero-order valence-corrected chi connectivity index (χ0v) is 16.9. The lowest BCUT2D eigenvalue weighted by atomic mass is 9.73. The predicted molar refractivity (Wildman–Crippen MR) is 104 cm³/mol. The molecule has 5 N–H and O–H groups in total. The molecule has 8 atom stereocenters. The molecule has 4 rings (SSSR count). The van der Waals surface area contributed by atoms with E-state index in [-0.39, 0.29) is 36.9 Å². The van der Waals surface area contributed by atoms with E-state index in [4.69, 9.17) is 9.57 Å². The number of carbonyl (C=O) groups excluding carboxylic acids is 1. The Kier molecular flexibility index (Phi) is 6.85. The topological polar surface area (TPSA) is 104 Å². The highest BCUT2D eigenvalue weighted by Crippen LogP contribution is 2.45. The van der Waals surface area contributed by atoms with E-state index >= 15 is 0 Å². The van der Waals surface area contributed by atoms with Crippen LogP contribution in [-0.2, 0) is 14.4 Å². The van der Waals surface area contributed by atoms with Crippen molar-refractivity contribution in [3.8, 4) is 0 Å². The number of hydrogen-bond acceptors (Lipinski definition) is 7. The summed E-state index contributed by atoms with van der Waals surface area (Å²) in [5.41, 5.74) is 3.15. The summed E-state index contributed by atoms with van der Waals surface area (Å²) in [6.45, 7) is 1.54. The number of rotatable bonds is 6. The Labute approximate surface area is 167 Å². The van der Waals surface area contributed by atoms with Crippen molar-refractivity contribution in [2.24, 2.45) is 23.7 Å². The fourth-order valence-corrected chi connectivity index (χ4v) is 5.81. The number of ether oxygens (including phenoxy) is 1. The second-order valence-corrected chi connectivity index (χ2v) is 9.09. The van der Waals surface area contributed by atoms with Crippen LogP contribution in [0.3, 0.4) is 0 Å². The standard InChI is InChI=1S/C20H36N4O4/c1-27-11-18-23-19(24-28-18)14-2-4-15-13(9-14)3-5-16(15)22-20(26)17-8-12(10-25)6-7-21-17/h12-19,21,23-25H,2-11H2,1H3,(H,22,26)/t12?,13?,14?,15?,16-,17?,18?,19?/m1/s1. The summed E-state index contributed by atoms with van der Waals surface area (Å²) in [7, 11) is 1.68. The van der Waals surface area contributed by atoms with Crippen molar-refractivity contribution < 1.29 is 19.5 Å². The molecule has 2 aliphatic heterocycles. The van der Waals surface area contributed by atoms with Crippen molar-refractivity contribution >= 4 is 5.91 Å². The number of aliphatic hydroxyl groups is 1. The van der Waals surface area contributed by atoms with Gasteiger partial charge in [-0.2, -0.15) is 5.48 Å². The van der Waals surface area contributed by atoms with E-state index in [1.165, 1.54) is 12.8 Å². The highest BCUT2D eigenvalue weighted by Gasteiger charge is 2.44. The second kappa shape index (κ2) is 9.36. The van der Waals surface area contributed by atoms with Gasteiger partial charge >= 0.3 is 0 Å². The van der Waals surface area contributed by atoms with Gasteiger partial charge in [0.05, 0.1) is 18.8 Å². The summed E-state index contributed by atoms with van der Waals surface area (Å²) in [5.74, 6) is 2.20. The predicted octanol–water partition coefficient (Wildman–Crippen LogP) is 0.0810. The average Bonchev–Trinajstić information content (AvgIpc) is 3.35. The molecule has 2 heterocycles. The smallest absolute Gasteiger partial charge is 0.237 e. The molecule has 4 fully saturated rings. The first-order valence-corrected chi connectivity index (χ1v) is 11.0. The number of nitrogens with one attached hydrogen (secondary N) is 4. The first kappa shape index (κ1) is 20.5. The van der Waals surface area contributed by atoms with E-state index in [9.17, 15) is 9.90 Å². The van der Waals surface area contributed by atoms with Gasteiger partial charge in [0.1, 0.15) is 0 Å². The molecule has 0 aromatic carbocycles. The molecule has 8 heteroatoms. The maximum Gasteiger partial charge on any atom is 0.237 e. The molecule has 28 heavy (non-hydrogen) atoms. The molecule has 160 valence electrons. The third-order valence-electron chi connectivity index (χ3n) is 7.35. The molecule has 0 bridgehead atoms. The Morgan fingerprint density at radius 3 is 2.86 bits per heavy atom. The van der Waals surface area contributed by atoms with E-state index in [1.54, 1.807) is 7.11 Å². The minimum atomic E-state index is -0.150. The minimum Gasteiger partial charge on any atom is -0.396 e. The van der Waals surface area contributed by atoms with E-state index in [1.807, 2.05) is 0 Å². The van der Waals surface area contributed by atoms with Crippen molar-refractivity contribution in [1.82, 2.24) is 21.4 Å². The fourth-order valence-electron chi connectivity index (χ4n) is 5.81. The molecule has 0 spiro atoms. The van der Waals surface area contributed by atoms with Crippen LogP contribution in [-0.4, -0.2) is 62.4 Å². The van der Waals surface area contributed by atoms with Crippen LogP contribution >= 0.6 is 0 Å². The number of aliphatic hydroxyl groups excluding tert-OH is 1. The summed E-state index contributed by atoms with van der Waals surface area (Å²) in [5, 5.41) is 19.6. The molecule has 0 aromatic rings. The Morgan fingerprint density at radius 1 is 1.18 bits per heavy atom. The van der Waals surface area contributed by atoms with Crippen LogP contribution in [0.25, 0.3) is 0 Å². The van der Waals surface area contributed by atoms with Gasteiger partial charge < -0.3 is 20.5 Å². The van der Waals surface area contributed by atoms with Crippen molar-refractivity contribution in [3.63, 3.8) is 0 Å². The van der Waals surface area contributed by atoms with Gasteiger partial charge in [-0.1, -0.05) is 0 Å². The highest BCUT2D eigenvalue weighted by molar-refractivity contribution is 5.82. The zero-order chi connectivity index (χ0) is 19.5. The van der Waals surface area contributed by atoms with Crippen LogP contribution in [0.15, 0.2) is 0 Å². The van der Waals surface area contributed by atoms with E-state index in [0.717, 1.165) is 38.6 Å². The molecule has 7 unspecified atom stereocenters. The Bertz CT molecular complexity index is 536. The Morgan fingerprint density at radius 2 is 2.04 bits per heavy atom. The SMILES string of the molecule is COCC1NC(C2CCC3C(CC[C@H]3NC(=O)C3CC(CO)CCN3)C2)NO1. The number of amides is 1. The van der Waals surface area contributed by atoms with Gasteiger partial charge in [0.2, 0.25) is 5.91 Å². The molecule has 0 radical (unpaired) electrons. The third kappa shape index (κ3) is 4.52. The summed E-state index contributed by atoms with van der Waals surface area (Å²) in [6, 6.07) is 0.153. The van der Waals surface area contributed by atoms with E-state index in [2.05, 4.69) is 21.4 Å². The van der Waals surface area contributed by atoms with Gasteiger partial charge in [0, 0.05) is 19.8 Å². The van der Waals surface area contributed by atoms with Gasteiger partial charge in [0.25, 0.3) is 0 Å². The molecule has 2 saturated heterocycles. The van der Waals surface area contributed by atoms with Gasteiger partial charge in [-0.3, -0.25) is 14.9 Å². The highest BCUT2D eigenvalue weighted by atomic mass is 16.7. The maximum atomic E-state index is 12.8. The lowest BCUT2D eigenvalue weighted by Crippen LogP contribution is -2.53. The quantitative estimate of drug-likeness (QED) is 0.433. The van der Waals surface area contributed by atoms with E-state index < -0.39 is 0 Å². The summed E-state index contributed by atoms with van der Waals surface area (Å²) in [6.07, 6.45) is 7.57. The van der Waals surface area contributed by atoms with Crippen LogP contribution in [0.2, 0.25) is 0 Å². The van der Waals surface area contributed by atoms with Crippen LogP contribution < -0.4 is 21.4 Å². The van der Waals surface area contributed by atoms with Crippen molar-refractivity contribution in [2.45, 2.75) is 69.4 Å². The number of piperidine rings is 1.